The number of aromatic nitrogens is 5. The zero-order valence-corrected chi connectivity index (χ0v) is 31.4. The van der Waals surface area contributed by atoms with Crippen molar-refractivity contribution in [3.8, 4) is 23.1 Å². The van der Waals surface area contributed by atoms with E-state index in [0.29, 0.717) is 11.8 Å². The molecule has 0 spiro atoms. The van der Waals surface area contributed by atoms with E-state index in [0.717, 1.165) is 66.8 Å². The zero-order chi connectivity index (χ0) is 36.8. The van der Waals surface area contributed by atoms with Gasteiger partial charge in [-0.15, -0.1) is 0 Å². The maximum atomic E-state index is 6.77. The summed E-state index contributed by atoms with van der Waals surface area (Å²) in [5.74, 6) is 3.06. The lowest BCUT2D eigenvalue weighted by Gasteiger charge is -2.22. The molecule has 6 nitrogen and oxygen atoms in total. The lowest BCUT2D eigenvalue weighted by Crippen LogP contribution is -2.11. The van der Waals surface area contributed by atoms with E-state index in [1.807, 2.05) is 6.20 Å². The molecule has 0 atom stereocenters. The number of hydrogen-bond acceptors (Lipinski definition) is 3. The Morgan fingerprint density at radius 2 is 1.19 bits per heavy atom. The molecule has 0 unspecified atom stereocenters. The summed E-state index contributed by atoms with van der Waals surface area (Å²) < 4.78 is 13.6. The van der Waals surface area contributed by atoms with Gasteiger partial charge in [0.2, 0.25) is 5.95 Å². The van der Waals surface area contributed by atoms with Crippen LogP contribution in [-0.4, -0.2) is 23.5 Å². The fraction of sp³-hybridized carbons (Fsp3) is 0.167. The summed E-state index contributed by atoms with van der Waals surface area (Å²) in [5, 5.41) is 5.71. The van der Waals surface area contributed by atoms with Crippen LogP contribution in [0.1, 0.15) is 61.8 Å². The van der Waals surface area contributed by atoms with Crippen molar-refractivity contribution in [3.05, 3.63) is 150 Å². The lowest BCUT2D eigenvalue weighted by molar-refractivity contribution is 0.484. The molecule has 10 rings (SSSR count). The van der Waals surface area contributed by atoms with Crippen molar-refractivity contribution >= 4 is 60.2 Å². The summed E-state index contributed by atoms with van der Waals surface area (Å²) in [6.07, 6.45) is 4.02. The van der Waals surface area contributed by atoms with Crippen LogP contribution >= 0.6 is 0 Å². The van der Waals surface area contributed by atoms with Gasteiger partial charge in [-0.2, -0.15) is 0 Å². The second kappa shape index (κ2) is 12.1. The number of para-hydroxylation sites is 3. The monoisotopic (exact) mass is 703 g/mol. The molecule has 0 bridgehead atoms. The highest BCUT2D eigenvalue weighted by Gasteiger charge is 2.22. The third-order valence-electron chi connectivity index (χ3n) is 11.2. The van der Waals surface area contributed by atoms with Gasteiger partial charge < -0.3 is 4.74 Å². The highest BCUT2D eigenvalue weighted by Crippen LogP contribution is 2.40. The second-order valence-electron chi connectivity index (χ2n) is 15.2. The molecule has 0 amide bonds. The number of imidazole rings is 2. The van der Waals surface area contributed by atoms with E-state index >= 15 is 0 Å². The predicted molar refractivity (Wildman–Crippen MR) is 223 cm³/mol. The van der Waals surface area contributed by atoms with Crippen LogP contribution in [0.25, 0.3) is 71.8 Å². The summed E-state index contributed by atoms with van der Waals surface area (Å²) in [6.45, 7) is 13.4. The third-order valence-corrected chi connectivity index (χ3v) is 11.2. The van der Waals surface area contributed by atoms with E-state index in [1.54, 1.807) is 0 Å². The molecule has 264 valence electrons. The van der Waals surface area contributed by atoms with E-state index in [4.69, 9.17) is 14.7 Å². The van der Waals surface area contributed by atoms with Crippen molar-refractivity contribution in [3.63, 3.8) is 0 Å². The average Bonchev–Trinajstić information content (AvgIpc) is 3.88. The molecule has 0 fully saturated rings. The molecule has 0 N–H and O–H groups in total. The molecule has 10 aromatic rings. The molecule has 0 aliphatic rings. The number of nitrogens with zero attached hydrogens (tertiary/aromatic N) is 5. The molecule has 4 heterocycles. The molecular formula is C48H41N5O. The van der Waals surface area contributed by atoms with E-state index in [-0.39, 0.29) is 0 Å². The fourth-order valence-electron chi connectivity index (χ4n) is 8.45. The highest BCUT2D eigenvalue weighted by atomic mass is 16.5. The third kappa shape index (κ3) is 4.79. The number of rotatable bonds is 6. The summed E-state index contributed by atoms with van der Waals surface area (Å²) in [6, 6.07) is 41.1. The minimum Gasteiger partial charge on any atom is -0.457 e. The first-order valence-corrected chi connectivity index (χ1v) is 18.9. The predicted octanol–water partition coefficient (Wildman–Crippen LogP) is 12.7. The molecule has 0 aliphatic carbocycles. The Balaban J connectivity index is 1.16. The molecule has 6 heteroatoms. The number of fused-ring (bicyclic) bond motifs is 11. The molecule has 54 heavy (non-hydrogen) atoms. The lowest BCUT2D eigenvalue weighted by atomic mass is 9.92. The Hall–Kier alpha value is -6.40. The fourth-order valence-corrected chi connectivity index (χ4v) is 8.45. The first-order chi connectivity index (χ1) is 26.3. The minimum atomic E-state index is 0.349. The van der Waals surface area contributed by atoms with Crippen LogP contribution in [-0.2, 0) is 0 Å². The van der Waals surface area contributed by atoms with Gasteiger partial charge in [0.15, 0.2) is 0 Å². The molecule has 0 aliphatic heterocycles. The second-order valence-corrected chi connectivity index (χ2v) is 15.2. The van der Waals surface area contributed by atoms with E-state index in [1.165, 1.54) is 38.7 Å². The summed E-state index contributed by atoms with van der Waals surface area (Å²) in [4.78, 5) is 10.3. The van der Waals surface area contributed by atoms with Crippen LogP contribution < -0.4 is 4.74 Å². The smallest absolute Gasteiger partial charge is 0.219 e. The van der Waals surface area contributed by atoms with Gasteiger partial charge in [0.1, 0.15) is 17.1 Å². The summed E-state index contributed by atoms with van der Waals surface area (Å²) in [5.41, 5.74) is 12.6. The number of pyridine rings is 1. The quantitative estimate of drug-likeness (QED) is 0.162. The van der Waals surface area contributed by atoms with Crippen molar-refractivity contribution < 1.29 is 4.74 Å². The van der Waals surface area contributed by atoms with Crippen molar-refractivity contribution in [2.75, 3.05) is 0 Å². The Bertz CT molecular complexity index is 3090. The van der Waals surface area contributed by atoms with Crippen LogP contribution in [0.5, 0.6) is 11.5 Å². The van der Waals surface area contributed by atoms with Gasteiger partial charge in [-0.25, -0.2) is 9.97 Å². The largest absolute Gasteiger partial charge is 0.457 e. The molecule has 6 aromatic carbocycles. The minimum absolute atomic E-state index is 0.349. The SMILES string of the molecule is Cc1cc2nc3c4cc(Oc5ccc6c7ccccc7n(-c7nccn7-c7c(C(C)C)cccc7C(C)C)c6c5)ccc4c4ccccc4n3c2cc1C. The van der Waals surface area contributed by atoms with Crippen LogP contribution in [0, 0.1) is 13.8 Å². The first-order valence-electron chi connectivity index (χ1n) is 18.9. The van der Waals surface area contributed by atoms with Gasteiger partial charge >= 0.3 is 0 Å². The first kappa shape index (κ1) is 32.3. The van der Waals surface area contributed by atoms with Gasteiger partial charge in [-0.05, 0) is 108 Å². The Morgan fingerprint density at radius 3 is 1.93 bits per heavy atom. The van der Waals surface area contributed by atoms with Crippen LogP contribution in [0.2, 0.25) is 0 Å². The van der Waals surface area contributed by atoms with Gasteiger partial charge in [0, 0.05) is 40.0 Å². The Kier molecular flexibility index (Phi) is 7.21. The summed E-state index contributed by atoms with van der Waals surface area (Å²) in [7, 11) is 0. The van der Waals surface area contributed by atoms with Gasteiger partial charge in [0.25, 0.3) is 0 Å². The van der Waals surface area contributed by atoms with Gasteiger partial charge in [-0.3, -0.25) is 13.5 Å². The maximum Gasteiger partial charge on any atom is 0.219 e. The molecule has 4 aromatic heterocycles. The standard InChI is InChI=1S/C48H41N5O/c1-28(2)34-14-11-15-35(29(3)4)46(34)51-23-22-49-48(51)53-43-17-10-8-13-38(43)39-21-19-33(27-44(39)53)54-32-18-20-36-37-12-7-9-16-42(37)52-45-25-31(6)30(5)24-41(45)50-47(52)40(36)26-32/h7-29H,1-6H3. The Labute approximate surface area is 313 Å². The van der Waals surface area contributed by atoms with Crippen molar-refractivity contribution in [1.82, 2.24) is 23.5 Å². The van der Waals surface area contributed by atoms with E-state index in [2.05, 4.69) is 177 Å². The van der Waals surface area contributed by atoms with Crippen molar-refractivity contribution in [2.45, 2.75) is 53.4 Å². The number of aryl methyl sites for hydroxylation is 2. The number of hydrogen-bond donors (Lipinski definition) is 0. The van der Waals surface area contributed by atoms with E-state index in [9.17, 15) is 0 Å². The van der Waals surface area contributed by atoms with Crippen LogP contribution in [0.15, 0.2) is 128 Å². The topological polar surface area (TPSA) is 49.3 Å². The van der Waals surface area contributed by atoms with Crippen LogP contribution in [0.3, 0.4) is 0 Å². The van der Waals surface area contributed by atoms with Crippen LogP contribution in [0.4, 0.5) is 0 Å². The zero-order valence-electron chi connectivity index (χ0n) is 31.4. The maximum absolute atomic E-state index is 6.77. The van der Waals surface area contributed by atoms with Gasteiger partial charge in [-0.1, -0.05) is 82.3 Å². The Morgan fingerprint density at radius 1 is 0.556 bits per heavy atom. The molecular weight excluding hydrogens is 663 g/mol. The van der Waals surface area contributed by atoms with Crippen molar-refractivity contribution in [2.24, 2.45) is 0 Å². The normalized spacial score (nSPS) is 12.2. The van der Waals surface area contributed by atoms with E-state index < -0.39 is 0 Å². The average molecular weight is 704 g/mol. The molecule has 0 radical (unpaired) electrons. The van der Waals surface area contributed by atoms with Crippen molar-refractivity contribution in [1.29, 1.82) is 0 Å². The molecule has 0 saturated carbocycles. The highest BCUT2D eigenvalue weighted by molar-refractivity contribution is 6.14. The van der Waals surface area contributed by atoms with Gasteiger partial charge in [0.05, 0.1) is 33.3 Å². The molecule has 0 saturated heterocycles. The summed E-state index contributed by atoms with van der Waals surface area (Å²) >= 11 is 0. The number of benzene rings is 6. The number of ether oxygens (including phenoxy) is 1.